The molecule has 0 radical (unpaired) electrons. The third kappa shape index (κ3) is 43.3. The summed E-state index contributed by atoms with van der Waals surface area (Å²) in [6, 6.07) is 0. The monoisotopic (exact) mass is 851 g/mol. The predicted molar refractivity (Wildman–Crippen MR) is 242 cm³/mol. The molecule has 0 fully saturated rings. The molecule has 1 unspecified atom stereocenters. The molecule has 59 heavy (non-hydrogen) atoms. The van der Waals surface area contributed by atoms with Crippen LogP contribution < -0.4 is 0 Å². The Kier molecular flexibility index (Phi) is 41.6. The molecule has 0 saturated heterocycles. The lowest BCUT2D eigenvalue weighted by molar-refractivity contribution is -0.161. The van der Waals surface area contributed by atoms with Gasteiger partial charge in [-0.25, -0.2) is 4.57 Å². The van der Waals surface area contributed by atoms with E-state index in [9.17, 15) is 24.2 Å². The molecule has 0 rings (SSSR count). The Bertz CT molecular complexity index is 1210. The lowest BCUT2D eigenvalue weighted by Crippen LogP contribution is -2.29. The second kappa shape index (κ2) is 43.5. The normalized spacial score (nSPS) is 14.5. The first-order chi connectivity index (χ1) is 28.7. The third-order valence-corrected chi connectivity index (χ3v) is 10.3. The first-order valence-corrected chi connectivity index (χ1v) is 24.4. The molecule has 340 valence electrons. The van der Waals surface area contributed by atoms with E-state index in [0.29, 0.717) is 12.8 Å². The summed E-state index contributed by atoms with van der Waals surface area (Å²) in [5.74, 6) is -1.02. The summed E-state index contributed by atoms with van der Waals surface area (Å²) in [6.45, 7) is 2.19. The molecule has 0 aliphatic carbocycles. The van der Waals surface area contributed by atoms with Crippen LogP contribution in [0.5, 0.6) is 0 Å². The first kappa shape index (κ1) is 56.4. The quantitative estimate of drug-likeness (QED) is 0.0234. The highest BCUT2D eigenvalue weighted by Gasteiger charge is 2.27. The molecule has 0 aromatic heterocycles. The number of unbranched alkanes of at least 4 members (excludes halogenated alkanes) is 16. The highest BCUT2D eigenvalue weighted by Crippen LogP contribution is 2.43. The van der Waals surface area contributed by atoms with E-state index in [2.05, 4.69) is 79.1 Å². The van der Waals surface area contributed by atoms with Gasteiger partial charge in [0.05, 0.1) is 19.8 Å². The smallest absolute Gasteiger partial charge is 0.462 e. The standard InChI is InChI=1S/C48H83O10P/c1-3-5-7-9-11-13-15-17-19-21-22-24-25-27-29-31-33-35-37-39-47(51)55-43-46(44-57-59(53,54)56-42-45(50)41-49)58-48(52)40-38-36-34-32-30-28-26-23-20-18-16-14-12-10-8-6-4-2/h5,7,11,13,17,19,22,24,27,29,33,35,45-46,49-50H,3-4,6,8-10,12,14-16,18,20-21,23,25-26,28,30-32,34,36-44H2,1-2H3,(H,53,54)/b7-5-,13-11-,19-17-,24-22-,29-27-,35-33-/t45-,46+/m0/s1. The summed E-state index contributed by atoms with van der Waals surface area (Å²) in [4.78, 5) is 35.0. The van der Waals surface area contributed by atoms with Crippen molar-refractivity contribution in [2.75, 3.05) is 26.4 Å². The number of aliphatic hydroxyl groups is 2. The Labute approximate surface area is 358 Å². The molecule has 0 heterocycles. The predicted octanol–water partition coefficient (Wildman–Crippen LogP) is 12.4. The number of phosphoric ester groups is 1. The van der Waals surface area contributed by atoms with E-state index in [1.54, 1.807) is 0 Å². The molecule has 0 aromatic carbocycles. The van der Waals surface area contributed by atoms with Gasteiger partial charge in [0.1, 0.15) is 12.7 Å². The Balaban J connectivity index is 4.38. The first-order valence-electron chi connectivity index (χ1n) is 22.9. The number of hydrogen-bond acceptors (Lipinski definition) is 9. The summed E-state index contributed by atoms with van der Waals surface area (Å²) in [7, 11) is -4.64. The largest absolute Gasteiger partial charge is 0.472 e. The van der Waals surface area contributed by atoms with Gasteiger partial charge in [0, 0.05) is 12.8 Å². The zero-order chi connectivity index (χ0) is 43.3. The van der Waals surface area contributed by atoms with Gasteiger partial charge < -0.3 is 24.6 Å². The van der Waals surface area contributed by atoms with Crippen LogP contribution >= 0.6 is 7.82 Å². The van der Waals surface area contributed by atoms with Crippen molar-refractivity contribution in [3.8, 4) is 0 Å². The number of carbonyl (C=O) groups is 2. The third-order valence-electron chi connectivity index (χ3n) is 9.39. The van der Waals surface area contributed by atoms with Crippen LogP contribution in [0.25, 0.3) is 0 Å². The zero-order valence-corrected chi connectivity index (χ0v) is 37.8. The minimum Gasteiger partial charge on any atom is -0.462 e. The van der Waals surface area contributed by atoms with E-state index < -0.39 is 51.8 Å². The maximum Gasteiger partial charge on any atom is 0.472 e. The number of phosphoric acid groups is 1. The molecular weight excluding hydrogens is 767 g/mol. The van der Waals surface area contributed by atoms with Crippen molar-refractivity contribution in [2.24, 2.45) is 0 Å². The van der Waals surface area contributed by atoms with Crippen LogP contribution in [0.15, 0.2) is 72.9 Å². The number of allylic oxidation sites excluding steroid dienone is 12. The van der Waals surface area contributed by atoms with E-state index in [4.69, 9.17) is 19.1 Å². The van der Waals surface area contributed by atoms with Crippen molar-refractivity contribution in [2.45, 2.75) is 193 Å². The van der Waals surface area contributed by atoms with E-state index >= 15 is 0 Å². The molecule has 0 aliphatic heterocycles. The zero-order valence-electron chi connectivity index (χ0n) is 36.9. The number of esters is 2. The molecule has 11 heteroatoms. The van der Waals surface area contributed by atoms with Crippen molar-refractivity contribution in [3.63, 3.8) is 0 Å². The van der Waals surface area contributed by atoms with Crippen molar-refractivity contribution in [3.05, 3.63) is 72.9 Å². The summed E-state index contributed by atoms with van der Waals surface area (Å²) in [5.41, 5.74) is 0. The molecule has 0 amide bonds. The maximum absolute atomic E-state index is 12.6. The van der Waals surface area contributed by atoms with E-state index in [-0.39, 0.29) is 19.4 Å². The summed E-state index contributed by atoms with van der Waals surface area (Å²) >= 11 is 0. The number of hydrogen-bond donors (Lipinski definition) is 3. The van der Waals surface area contributed by atoms with Crippen molar-refractivity contribution < 1.29 is 47.8 Å². The van der Waals surface area contributed by atoms with Gasteiger partial charge in [0.2, 0.25) is 0 Å². The van der Waals surface area contributed by atoms with Crippen LogP contribution in [0.2, 0.25) is 0 Å². The molecular formula is C48H83O10P. The van der Waals surface area contributed by atoms with Gasteiger partial charge in [0.25, 0.3) is 0 Å². The molecule has 0 aliphatic rings. The minimum absolute atomic E-state index is 0.115. The SMILES string of the molecule is CC/C=C\C/C=C\C/C=C\C/C=C\C/C=C\C/C=C\CCC(=O)OC[C@H](COP(=O)(O)OC[C@@H](O)CO)OC(=O)CCCCCCCCCCCCCCCCCCC. The van der Waals surface area contributed by atoms with Crippen LogP contribution in [0, 0.1) is 0 Å². The van der Waals surface area contributed by atoms with Crippen LogP contribution in [-0.4, -0.2) is 65.7 Å². The van der Waals surface area contributed by atoms with Crippen LogP contribution in [-0.2, 0) is 32.7 Å². The fourth-order valence-electron chi connectivity index (χ4n) is 5.90. The van der Waals surface area contributed by atoms with Gasteiger partial charge in [-0.15, -0.1) is 0 Å². The maximum atomic E-state index is 12.6. The van der Waals surface area contributed by atoms with Crippen LogP contribution in [0.1, 0.15) is 181 Å². The summed E-state index contributed by atoms with van der Waals surface area (Å²) < 4.78 is 32.7. The number of rotatable bonds is 42. The highest BCUT2D eigenvalue weighted by molar-refractivity contribution is 7.47. The fourth-order valence-corrected chi connectivity index (χ4v) is 6.69. The van der Waals surface area contributed by atoms with Crippen molar-refractivity contribution >= 4 is 19.8 Å². The van der Waals surface area contributed by atoms with Crippen LogP contribution in [0.3, 0.4) is 0 Å². The Morgan fingerprint density at radius 3 is 1.37 bits per heavy atom. The second-order valence-corrected chi connectivity index (χ2v) is 16.5. The topological polar surface area (TPSA) is 149 Å². The summed E-state index contributed by atoms with van der Waals surface area (Å²) in [6.07, 6.45) is 50.2. The molecule has 3 N–H and O–H groups in total. The van der Waals surface area contributed by atoms with E-state index in [1.807, 2.05) is 12.2 Å². The minimum atomic E-state index is -4.64. The molecule has 0 saturated carbocycles. The van der Waals surface area contributed by atoms with Gasteiger partial charge in [-0.2, -0.15) is 0 Å². The molecule has 10 nitrogen and oxygen atoms in total. The second-order valence-electron chi connectivity index (χ2n) is 15.1. The average Bonchev–Trinajstić information content (AvgIpc) is 3.22. The van der Waals surface area contributed by atoms with Gasteiger partial charge in [-0.05, 0) is 51.4 Å². The molecule has 0 aromatic rings. The van der Waals surface area contributed by atoms with Crippen molar-refractivity contribution in [1.29, 1.82) is 0 Å². The van der Waals surface area contributed by atoms with Crippen molar-refractivity contribution in [1.82, 2.24) is 0 Å². The lowest BCUT2D eigenvalue weighted by atomic mass is 10.0. The highest BCUT2D eigenvalue weighted by atomic mass is 31.2. The Hall–Kier alpha value is -2.59. The lowest BCUT2D eigenvalue weighted by Gasteiger charge is -2.20. The van der Waals surface area contributed by atoms with E-state index in [1.165, 1.54) is 83.5 Å². The molecule has 0 bridgehead atoms. The van der Waals surface area contributed by atoms with E-state index in [0.717, 1.165) is 57.8 Å². The number of ether oxygens (including phenoxy) is 2. The number of carbonyl (C=O) groups excluding carboxylic acids is 2. The van der Waals surface area contributed by atoms with Gasteiger partial charge in [0.15, 0.2) is 6.10 Å². The average molecular weight is 851 g/mol. The summed E-state index contributed by atoms with van der Waals surface area (Å²) in [5, 5.41) is 18.4. The Morgan fingerprint density at radius 2 is 0.932 bits per heavy atom. The van der Waals surface area contributed by atoms with Crippen LogP contribution in [0.4, 0.5) is 0 Å². The van der Waals surface area contributed by atoms with Gasteiger partial charge >= 0.3 is 19.8 Å². The van der Waals surface area contributed by atoms with Gasteiger partial charge in [-0.3, -0.25) is 18.6 Å². The molecule has 0 spiro atoms. The molecule has 3 atom stereocenters. The fraction of sp³-hybridized carbons (Fsp3) is 0.708. The Morgan fingerprint density at radius 1 is 0.525 bits per heavy atom. The number of aliphatic hydroxyl groups excluding tert-OH is 2. The van der Waals surface area contributed by atoms with Gasteiger partial charge in [-0.1, -0.05) is 189 Å².